The Bertz CT molecular complexity index is 273. The Kier molecular flexibility index (Phi) is 3.77. The number of hydrogen-bond donors (Lipinski definition) is 1. The minimum absolute atomic E-state index is 0.503. The van der Waals surface area contributed by atoms with Gasteiger partial charge in [-0.05, 0) is 31.9 Å². The van der Waals surface area contributed by atoms with Gasteiger partial charge in [-0.2, -0.15) is 0 Å². The third-order valence-corrected chi connectivity index (χ3v) is 1.85. The Balaban J connectivity index is 2.48. The van der Waals surface area contributed by atoms with Crippen LogP contribution in [-0.2, 0) is 0 Å². The lowest BCUT2D eigenvalue weighted by Gasteiger charge is -2.02. The van der Waals surface area contributed by atoms with E-state index in [1.807, 2.05) is 31.2 Å². The van der Waals surface area contributed by atoms with E-state index in [9.17, 15) is 5.11 Å². The molecule has 72 valence electrons. The van der Waals surface area contributed by atoms with Crippen LogP contribution in [0.4, 0.5) is 0 Å². The maximum atomic E-state index is 9.62. The van der Waals surface area contributed by atoms with Crippen molar-refractivity contribution < 1.29 is 9.52 Å². The van der Waals surface area contributed by atoms with Gasteiger partial charge >= 0.3 is 0 Å². The zero-order valence-electron chi connectivity index (χ0n) is 8.16. The van der Waals surface area contributed by atoms with E-state index in [-0.39, 0.29) is 0 Å². The van der Waals surface area contributed by atoms with Crippen molar-refractivity contribution >= 4 is 0 Å². The summed E-state index contributed by atoms with van der Waals surface area (Å²) in [7, 11) is 0. The van der Waals surface area contributed by atoms with Crippen molar-refractivity contribution in [3.63, 3.8) is 0 Å². The molecule has 1 rings (SSSR count). The number of furan rings is 1. The summed E-state index contributed by atoms with van der Waals surface area (Å²) < 4.78 is 5.29. The highest BCUT2D eigenvalue weighted by Crippen LogP contribution is 2.19. The molecule has 0 saturated carbocycles. The van der Waals surface area contributed by atoms with Crippen molar-refractivity contribution in [3.05, 3.63) is 35.8 Å². The number of hydrogen-bond acceptors (Lipinski definition) is 2. The van der Waals surface area contributed by atoms with Gasteiger partial charge in [-0.1, -0.05) is 19.1 Å². The fourth-order valence-corrected chi connectivity index (χ4v) is 1.14. The van der Waals surface area contributed by atoms with Gasteiger partial charge in [0.2, 0.25) is 0 Å². The molecule has 0 radical (unpaired) electrons. The van der Waals surface area contributed by atoms with Crippen molar-refractivity contribution in [3.8, 4) is 0 Å². The van der Waals surface area contributed by atoms with Crippen molar-refractivity contribution in [2.45, 2.75) is 32.8 Å². The van der Waals surface area contributed by atoms with E-state index in [1.54, 1.807) is 0 Å². The van der Waals surface area contributed by atoms with E-state index in [0.29, 0.717) is 12.2 Å². The summed E-state index contributed by atoms with van der Waals surface area (Å²) in [4.78, 5) is 0. The Morgan fingerprint density at radius 1 is 1.46 bits per heavy atom. The summed E-state index contributed by atoms with van der Waals surface area (Å²) >= 11 is 0. The summed E-state index contributed by atoms with van der Waals surface area (Å²) in [5.74, 6) is 1.49. The van der Waals surface area contributed by atoms with Crippen LogP contribution in [0.25, 0.3) is 0 Å². The van der Waals surface area contributed by atoms with Crippen LogP contribution in [-0.4, -0.2) is 5.11 Å². The lowest BCUT2D eigenvalue weighted by molar-refractivity contribution is 0.151. The van der Waals surface area contributed by atoms with E-state index >= 15 is 0 Å². The quantitative estimate of drug-likeness (QED) is 0.722. The molecule has 0 aliphatic carbocycles. The topological polar surface area (TPSA) is 33.4 Å². The molecule has 1 N–H and O–H groups in total. The first kappa shape index (κ1) is 10.1. The molecule has 1 aromatic rings. The van der Waals surface area contributed by atoms with Crippen LogP contribution in [0.15, 0.2) is 28.7 Å². The molecule has 0 spiro atoms. The Hall–Kier alpha value is -1.02. The molecule has 1 unspecified atom stereocenters. The van der Waals surface area contributed by atoms with Gasteiger partial charge in [0.15, 0.2) is 0 Å². The van der Waals surface area contributed by atoms with Crippen LogP contribution in [0.1, 0.15) is 37.4 Å². The Morgan fingerprint density at radius 2 is 2.23 bits per heavy atom. The van der Waals surface area contributed by atoms with Gasteiger partial charge in [0, 0.05) is 0 Å². The third kappa shape index (κ3) is 3.07. The molecule has 0 fully saturated rings. The lowest BCUT2D eigenvalue weighted by Crippen LogP contribution is -1.92. The second-order valence-electron chi connectivity index (χ2n) is 3.08. The van der Waals surface area contributed by atoms with E-state index < -0.39 is 6.10 Å². The van der Waals surface area contributed by atoms with Crippen LogP contribution in [0.3, 0.4) is 0 Å². The molecule has 0 aliphatic heterocycles. The summed E-state index contributed by atoms with van der Waals surface area (Å²) in [6.07, 6.45) is 5.14. The predicted octanol–water partition coefficient (Wildman–Crippen LogP) is 2.98. The van der Waals surface area contributed by atoms with E-state index in [2.05, 4.69) is 6.92 Å². The Morgan fingerprint density at radius 3 is 2.77 bits per heavy atom. The van der Waals surface area contributed by atoms with Crippen molar-refractivity contribution in [1.82, 2.24) is 0 Å². The number of allylic oxidation sites excluding steroid dienone is 1. The smallest absolute Gasteiger partial charge is 0.132 e. The fourth-order valence-electron chi connectivity index (χ4n) is 1.14. The molecule has 0 amide bonds. The molecule has 1 atom stereocenters. The maximum Gasteiger partial charge on any atom is 0.132 e. The molecule has 2 nitrogen and oxygen atoms in total. The third-order valence-electron chi connectivity index (χ3n) is 1.85. The van der Waals surface area contributed by atoms with E-state index in [4.69, 9.17) is 4.42 Å². The van der Waals surface area contributed by atoms with Gasteiger partial charge in [-0.15, -0.1) is 0 Å². The molecule has 1 aromatic heterocycles. The van der Waals surface area contributed by atoms with Crippen LogP contribution < -0.4 is 0 Å². The maximum absolute atomic E-state index is 9.62. The summed E-state index contributed by atoms with van der Waals surface area (Å²) in [6.45, 7) is 3.94. The zero-order valence-corrected chi connectivity index (χ0v) is 8.16. The average molecular weight is 180 g/mol. The molecule has 1 heterocycles. The molecule has 0 bridgehead atoms. The first-order valence-corrected chi connectivity index (χ1v) is 4.63. The van der Waals surface area contributed by atoms with Crippen LogP contribution >= 0.6 is 0 Å². The van der Waals surface area contributed by atoms with Crippen LogP contribution in [0.2, 0.25) is 0 Å². The van der Waals surface area contributed by atoms with E-state index in [1.165, 1.54) is 0 Å². The van der Waals surface area contributed by atoms with Gasteiger partial charge in [-0.25, -0.2) is 0 Å². The lowest BCUT2D eigenvalue weighted by atomic mass is 10.2. The monoisotopic (exact) mass is 180 g/mol. The predicted molar refractivity (Wildman–Crippen MR) is 52.5 cm³/mol. The Labute approximate surface area is 78.9 Å². The van der Waals surface area contributed by atoms with Gasteiger partial charge in [-0.3, -0.25) is 0 Å². The first-order chi connectivity index (χ1) is 6.24. The number of aliphatic hydroxyl groups excluding tert-OH is 1. The second-order valence-corrected chi connectivity index (χ2v) is 3.08. The first-order valence-electron chi connectivity index (χ1n) is 4.63. The number of rotatable bonds is 4. The number of aryl methyl sites for hydroxylation is 1. The molecule has 2 heteroatoms. The molecular formula is C11H16O2. The summed E-state index contributed by atoms with van der Waals surface area (Å²) in [6, 6.07) is 3.68. The molecular weight excluding hydrogens is 164 g/mol. The highest BCUT2D eigenvalue weighted by atomic mass is 16.4. The molecule has 0 saturated heterocycles. The van der Waals surface area contributed by atoms with Crippen molar-refractivity contribution in [1.29, 1.82) is 0 Å². The number of aliphatic hydroxyl groups is 1. The fraction of sp³-hybridized carbons (Fsp3) is 0.455. The van der Waals surface area contributed by atoms with Gasteiger partial charge in [0.25, 0.3) is 0 Å². The highest BCUT2D eigenvalue weighted by Gasteiger charge is 2.08. The highest BCUT2D eigenvalue weighted by molar-refractivity contribution is 5.08. The molecule has 0 aromatic carbocycles. The zero-order chi connectivity index (χ0) is 9.68. The minimum atomic E-state index is -0.503. The van der Waals surface area contributed by atoms with Crippen molar-refractivity contribution in [2.24, 2.45) is 0 Å². The summed E-state index contributed by atoms with van der Waals surface area (Å²) in [5, 5.41) is 9.62. The van der Waals surface area contributed by atoms with E-state index in [0.717, 1.165) is 12.2 Å². The van der Waals surface area contributed by atoms with Gasteiger partial charge < -0.3 is 9.52 Å². The van der Waals surface area contributed by atoms with Gasteiger partial charge in [0.05, 0.1) is 0 Å². The van der Waals surface area contributed by atoms with Crippen LogP contribution in [0.5, 0.6) is 0 Å². The minimum Gasteiger partial charge on any atom is -0.464 e. The largest absolute Gasteiger partial charge is 0.464 e. The van der Waals surface area contributed by atoms with Gasteiger partial charge in [0.1, 0.15) is 17.6 Å². The van der Waals surface area contributed by atoms with Crippen molar-refractivity contribution in [2.75, 3.05) is 0 Å². The second kappa shape index (κ2) is 4.87. The van der Waals surface area contributed by atoms with Crippen LogP contribution in [0, 0.1) is 6.92 Å². The summed E-state index contributed by atoms with van der Waals surface area (Å²) in [5.41, 5.74) is 0. The normalized spacial score (nSPS) is 13.8. The molecule has 13 heavy (non-hydrogen) atoms. The SMILES string of the molecule is CC/C=C/CC(O)c1ccc(C)o1. The standard InChI is InChI=1S/C11H16O2/c1-3-4-5-6-10(12)11-8-7-9(2)13-11/h4-5,7-8,10,12H,3,6H2,1-2H3/b5-4+. The molecule has 0 aliphatic rings. The average Bonchev–Trinajstić information content (AvgIpc) is 2.52.